The van der Waals surface area contributed by atoms with Crippen molar-refractivity contribution < 1.29 is 8.42 Å². The Hall–Kier alpha value is -2.47. The zero-order chi connectivity index (χ0) is 19.1. The Kier molecular flexibility index (Phi) is 4.31. The molecule has 4 nitrogen and oxygen atoms in total. The van der Waals surface area contributed by atoms with Crippen molar-refractivity contribution in [1.82, 2.24) is 9.62 Å². The molecule has 0 spiro atoms. The molecule has 2 aliphatic rings. The van der Waals surface area contributed by atoms with Crippen LogP contribution >= 0.6 is 0 Å². The Morgan fingerprint density at radius 3 is 2.32 bits per heavy atom. The summed E-state index contributed by atoms with van der Waals surface area (Å²) >= 11 is 0. The van der Waals surface area contributed by atoms with E-state index >= 15 is 0 Å². The molecule has 1 heterocycles. The van der Waals surface area contributed by atoms with Crippen molar-refractivity contribution in [2.24, 2.45) is 0 Å². The van der Waals surface area contributed by atoms with E-state index < -0.39 is 15.3 Å². The van der Waals surface area contributed by atoms with Crippen LogP contribution in [-0.4, -0.2) is 38.9 Å². The van der Waals surface area contributed by atoms with Crippen molar-refractivity contribution in [2.75, 3.05) is 26.2 Å². The van der Waals surface area contributed by atoms with Crippen LogP contribution in [0, 0.1) is 0 Å². The fourth-order valence-electron chi connectivity index (χ4n) is 4.38. The predicted octanol–water partition coefficient (Wildman–Crippen LogP) is 3.67. The molecule has 0 bridgehead atoms. The molecule has 1 atom stereocenters. The number of piperazine rings is 1. The van der Waals surface area contributed by atoms with Gasteiger partial charge in [-0.1, -0.05) is 66.7 Å². The zero-order valence-corrected chi connectivity index (χ0v) is 16.3. The molecule has 3 aromatic carbocycles. The van der Waals surface area contributed by atoms with Crippen LogP contribution in [0.2, 0.25) is 0 Å². The monoisotopic (exact) mass is 390 g/mol. The van der Waals surface area contributed by atoms with Crippen LogP contribution in [0.3, 0.4) is 0 Å². The minimum Gasteiger partial charge on any atom is -0.314 e. The van der Waals surface area contributed by atoms with Crippen molar-refractivity contribution in [3.63, 3.8) is 0 Å². The van der Waals surface area contributed by atoms with Gasteiger partial charge in [0.25, 0.3) is 0 Å². The van der Waals surface area contributed by atoms with Gasteiger partial charge in [0, 0.05) is 26.2 Å². The maximum Gasteiger partial charge on any atom is 0.225 e. The van der Waals surface area contributed by atoms with Gasteiger partial charge in [-0.15, -0.1) is 0 Å². The lowest BCUT2D eigenvalue weighted by molar-refractivity contribution is 0.358. The summed E-state index contributed by atoms with van der Waals surface area (Å²) in [7, 11) is -3.55. The molecule has 0 aromatic heterocycles. The highest BCUT2D eigenvalue weighted by Gasteiger charge is 2.39. The summed E-state index contributed by atoms with van der Waals surface area (Å²) < 4.78 is 29.3. The van der Waals surface area contributed by atoms with Crippen molar-refractivity contribution >= 4 is 32.4 Å². The fourth-order valence-corrected chi connectivity index (χ4v) is 6.42. The maximum absolute atomic E-state index is 13.8. The largest absolute Gasteiger partial charge is 0.314 e. The van der Waals surface area contributed by atoms with E-state index in [4.69, 9.17) is 0 Å². The van der Waals surface area contributed by atoms with Gasteiger partial charge in [-0.25, -0.2) is 8.42 Å². The summed E-state index contributed by atoms with van der Waals surface area (Å²) in [6, 6.07) is 22.0. The van der Waals surface area contributed by atoms with E-state index in [0.717, 1.165) is 33.0 Å². The number of sulfonamides is 1. The van der Waals surface area contributed by atoms with Gasteiger partial charge in [0.2, 0.25) is 10.0 Å². The third-order valence-electron chi connectivity index (χ3n) is 5.69. The highest BCUT2D eigenvalue weighted by molar-refractivity contribution is 7.89. The third kappa shape index (κ3) is 2.78. The van der Waals surface area contributed by atoms with Crippen LogP contribution in [0.25, 0.3) is 22.4 Å². The van der Waals surface area contributed by atoms with Gasteiger partial charge in [-0.2, -0.15) is 4.31 Å². The van der Waals surface area contributed by atoms with E-state index in [0.29, 0.717) is 26.2 Å². The minimum atomic E-state index is -3.55. The second-order valence-corrected chi connectivity index (χ2v) is 9.35. The lowest BCUT2D eigenvalue weighted by atomic mass is 9.86. The first-order valence-corrected chi connectivity index (χ1v) is 11.1. The Morgan fingerprint density at radius 2 is 1.57 bits per heavy atom. The molecular weight excluding hydrogens is 368 g/mol. The highest BCUT2D eigenvalue weighted by Crippen LogP contribution is 2.46. The zero-order valence-electron chi connectivity index (χ0n) is 15.5. The lowest BCUT2D eigenvalue weighted by Gasteiger charge is -2.34. The quantitative estimate of drug-likeness (QED) is 0.742. The fraction of sp³-hybridized carbons (Fsp3) is 0.217. The molecule has 5 rings (SSSR count). The number of rotatable bonds is 3. The first-order chi connectivity index (χ1) is 13.7. The van der Waals surface area contributed by atoms with Crippen molar-refractivity contribution in [1.29, 1.82) is 0 Å². The third-order valence-corrected chi connectivity index (χ3v) is 7.87. The number of hydrogen-bond donors (Lipinski definition) is 1. The van der Waals surface area contributed by atoms with Crippen LogP contribution in [0.4, 0.5) is 0 Å². The van der Waals surface area contributed by atoms with Crippen LogP contribution in [0.5, 0.6) is 0 Å². The first-order valence-electron chi connectivity index (χ1n) is 9.64. The molecule has 0 saturated carbocycles. The molecule has 1 saturated heterocycles. The van der Waals surface area contributed by atoms with Crippen molar-refractivity contribution in [3.8, 4) is 0 Å². The van der Waals surface area contributed by atoms with Gasteiger partial charge in [-0.05, 0) is 39.1 Å². The molecule has 1 aliphatic carbocycles. The topological polar surface area (TPSA) is 49.4 Å². The van der Waals surface area contributed by atoms with E-state index in [-0.39, 0.29) is 0 Å². The van der Waals surface area contributed by atoms with Crippen LogP contribution in [0.15, 0.2) is 66.7 Å². The van der Waals surface area contributed by atoms with E-state index in [2.05, 4.69) is 29.6 Å². The Balaban J connectivity index is 1.77. The summed E-state index contributed by atoms with van der Waals surface area (Å²) in [5.41, 5.74) is 3.77. The molecule has 1 aliphatic heterocycles. The van der Waals surface area contributed by atoms with Gasteiger partial charge < -0.3 is 5.32 Å². The molecule has 142 valence electrons. The van der Waals surface area contributed by atoms with Gasteiger partial charge >= 0.3 is 0 Å². The molecule has 3 aromatic rings. The normalized spacial score (nSPS) is 20.1. The molecule has 1 unspecified atom stereocenters. The summed E-state index contributed by atoms with van der Waals surface area (Å²) in [6.07, 6.45) is 2.06. The average Bonchev–Trinajstić information content (AvgIpc) is 2.75. The van der Waals surface area contributed by atoms with Gasteiger partial charge in [0.05, 0.1) is 0 Å². The van der Waals surface area contributed by atoms with Gasteiger partial charge in [0.15, 0.2) is 0 Å². The second-order valence-electron chi connectivity index (χ2n) is 7.33. The Labute approximate surface area is 165 Å². The first kappa shape index (κ1) is 17.6. The predicted molar refractivity (Wildman–Crippen MR) is 114 cm³/mol. The minimum absolute atomic E-state index is 0.512. The summed E-state index contributed by atoms with van der Waals surface area (Å²) in [5.74, 6) is 0. The van der Waals surface area contributed by atoms with Crippen LogP contribution < -0.4 is 5.32 Å². The highest BCUT2D eigenvalue weighted by atomic mass is 32.2. The van der Waals surface area contributed by atoms with E-state index in [1.807, 2.05) is 48.5 Å². The molecule has 5 heteroatoms. The average molecular weight is 391 g/mol. The molecular formula is C23H22N2O2S. The summed E-state index contributed by atoms with van der Waals surface area (Å²) in [4.78, 5) is 0. The van der Waals surface area contributed by atoms with Gasteiger partial charge in [-0.3, -0.25) is 0 Å². The van der Waals surface area contributed by atoms with Crippen molar-refractivity contribution in [3.05, 3.63) is 83.4 Å². The molecule has 1 N–H and O–H groups in total. The number of hydrogen-bond acceptors (Lipinski definition) is 3. The van der Waals surface area contributed by atoms with Crippen LogP contribution in [0.1, 0.15) is 21.9 Å². The Morgan fingerprint density at radius 1 is 0.857 bits per heavy atom. The summed E-state index contributed by atoms with van der Waals surface area (Å²) in [5, 5.41) is 4.69. The van der Waals surface area contributed by atoms with Gasteiger partial charge in [0.1, 0.15) is 5.25 Å². The number of benzene rings is 3. The molecule has 1 fully saturated rings. The SMILES string of the molecule is O=S(=O)(C1C(c2ccccc2)=Cc2cccc3cccc1c23)N1CCNCC1. The number of nitrogens with zero attached hydrogens (tertiary/aromatic N) is 1. The molecule has 0 radical (unpaired) electrons. The maximum atomic E-state index is 13.8. The van der Waals surface area contributed by atoms with Crippen molar-refractivity contribution in [2.45, 2.75) is 5.25 Å². The standard InChI is InChI=1S/C23H22N2O2S/c26-28(27,25-14-12-24-13-15-25)23-20-11-5-9-18-8-4-10-19(22(18)20)16-21(23)17-6-2-1-3-7-17/h1-11,16,23-24H,12-15H2. The summed E-state index contributed by atoms with van der Waals surface area (Å²) in [6.45, 7) is 2.41. The smallest absolute Gasteiger partial charge is 0.225 e. The number of nitrogens with one attached hydrogen (secondary N) is 1. The van der Waals surface area contributed by atoms with E-state index in [9.17, 15) is 8.42 Å². The van der Waals surface area contributed by atoms with E-state index in [1.54, 1.807) is 4.31 Å². The molecule has 28 heavy (non-hydrogen) atoms. The van der Waals surface area contributed by atoms with E-state index in [1.165, 1.54) is 0 Å². The second kappa shape index (κ2) is 6.85. The Bertz CT molecular complexity index is 1160. The van der Waals surface area contributed by atoms with Crippen LogP contribution in [-0.2, 0) is 10.0 Å². The lowest BCUT2D eigenvalue weighted by Crippen LogP contribution is -2.48. The molecule has 0 amide bonds.